The van der Waals surface area contributed by atoms with Crippen LogP contribution in [0.5, 0.6) is 11.6 Å². The lowest BCUT2D eigenvalue weighted by atomic mass is 9.96. The minimum atomic E-state index is 0.233. The first-order valence-electron chi connectivity index (χ1n) is 9.25. The smallest absolute Gasteiger partial charge is 0.238 e. The van der Waals surface area contributed by atoms with Crippen LogP contribution in [-0.2, 0) is 11.2 Å². The van der Waals surface area contributed by atoms with Crippen molar-refractivity contribution in [3.8, 4) is 23.5 Å². The van der Waals surface area contributed by atoms with Gasteiger partial charge in [-0.05, 0) is 61.1 Å². The summed E-state index contributed by atoms with van der Waals surface area (Å²) in [5.41, 5.74) is 2.70. The summed E-state index contributed by atoms with van der Waals surface area (Å²) in [4.78, 5) is 11.2. The maximum absolute atomic E-state index is 11.2. The Kier molecular flexibility index (Phi) is 6.54. The number of nitrogens with zero attached hydrogens (tertiary/aromatic N) is 2. The third kappa shape index (κ3) is 6.07. The SMILES string of the molecule is CC(=O)CC(C)Cc1ccc(C#Cc2ccc(Oc3ccccc3)nn2)cc1. The summed E-state index contributed by atoms with van der Waals surface area (Å²) in [5, 5.41) is 8.15. The van der Waals surface area contributed by atoms with E-state index in [1.165, 1.54) is 5.56 Å². The maximum Gasteiger partial charge on any atom is 0.238 e. The molecule has 28 heavy (non-hydrogen) atoms. The molecule has 0 bridgehead atoms. The summed E-state index contributed by atoms with van der Waals surface area (Å²) >= 11 is 0. The molecule has 0 aliphatic rings. The van der Waals surface area contributed by atoms with E-state index >= 15 is 0 Å². The Balaban J connectivity index is 1.59. The summed E-state index contributed by atoms with van der Waals surface area (Å²) in [6.45, 7) is 3.73. The fraction of sp³-hybridized carbons (Fsp3) is 0.208. The zero-order chi connectivity index (χ0) is 19.8. The number of ketones is 1. The standard InChI is InChI=1S/C24H22N2O2/c1-18(16-19(2)27)17-21-10-8-20(9-11-21)12-13-22-14-15-24(26-25-22)28-23-6-4-3-5-7-23/h3-11,14-15,18H,16-17H2,1-2H3. The number of carbonyl (C=O) groups excluding carboxylic acids is 1. The van der Waals surface area contributed by atoms with E-state index in [2.05, 4.69) is 41.1 Å². The van der Waals surface area contributed by atoms with Crippen LogP contribution in [0.1, 0.15) is 37.1 Å². The van der Waals surface area contributed by atoms with Crippen molar-refractivity contribution in [3.63, 3.8) is 0 Å². The van der Waals surface area contributed by atoms with E-state index in [4.69, 9.17) is 4.74 Å². The first-order valence-corrected chi connectivity index (χ1v) is 9.25. The van der Waals surface area contributed by atoms with Crippen molar-refractivity contribution in [1.82, 2.24) is 10.2 Å². The van der Waals surface area contributed by atoms with Gasteiger partial charge in [0.25, 0.3) is 0 Å². The average molecular weight is 370 g/mol. The lowest BCUT2D eigenvalue weighted by Crippen LogP contribution is -2.04. The lowest BCUT2D eigenvalue weighted by Gasteiger charge is -2.09. The van der Waals surface area contributed by atoms with Crippen LogP contribution in [0.25, 0.3) is 0 Å². The van der Waals surface area contributed by atoms with Crippen molar-refractivity contribution >= 4 is 5.78 Å². The molecule has 3 aromatic rings. The summed E-state index contributed by atoms with van der Waals surface area (Å²) in [6.07, 6.45) is 1.51. The number of rotatable bonds is 6. The van der Waals surface area contributed by atoms with Crippen LogP contribution >= 0.6 is 0 Å². The van der Waals surface area contributed by atoms with Gasteiger partial charge in [0.1, 0.15) is 17.2 Å². The van der Waals surface area contributed by atoms with Gasteiger partial charge in [-0.25, -0.2) is 0 Å². The molecule has 0 amide bonds. The largest absolute Gasteiger partial charge is 0.438 e. The molecule has 1 unspecified atom stereocenters. The Hall–Kier alpha value is -3.45. The highest BCUT2D eigenvalue weighted by Crippen LogP contribution is 2.17. The zero-order valence-electron chi connectivity index (χ0n) is 16.1. The topological polar surface area (TPSA) is 52.1 Å². The molecular weight excluding hydrogens is 348 g/mol. The van der Waals surface area contributed by atoms with Gasteiger partial charge in [0.2, 0.25) is 5.88 Å². The van der Waals surface area contributed by atoms with E-state index in [9.17, 15) is 4.79 Å². The number of hydrogen-bond donors (Lipinski definition) is 0. The molecule has 4 nitrogen and oxygen atoms in total. The van der Waals surface area contributed by atoms with Crippen molar-refractivity contribution in [2.24, 2.45) is 5.92 Å². The molecule has 0 fully saturated rings. The summed E-state index contributed by atoms with van der Waals surface area (Å²) in [5.74, 6) is 7.84. The normalized spacial score (nSPS) is 11.2. The summed E-state index contributed by atoms with van der Waals surface area (Å²) < 4.78 is 5.62. The molecule has 0 N–H and O–H groups in total. The number of aromatic nitrogens is 2. The zero-order valence-corrected chi connectivity index (χ0v) is 16.1. The molecular formula is C24H22N2O2. The molecule has 3 rings (SSSR count). The Morgan fingerprint density at radius 3 is 2.36 bits per heavy atom. The molecule has 0 spiro atoms. The molecule has 140 valence electrons. The highest BCUT2D eigenvalue weighted by atomic mass is 16.5. The third-order valence-corrected chi connectivity index (χ3v) is 4.11. The summed E-state index contributed by atoms with van der Waals surface area (Å²) in [6, 6.07) is 21.1. The fourth-order valence-electron chi connectivity index (χ4n) is 2.88. The van der Waals surface area contributed by atoms with Crippen molar-refractivity contribution in [3.05, 3.63) is 83.6 Å². The van der Waals surface area contributed by atoms with Gasteiger partial charge in [0, 0.05) is 18.1 Å². The Labute approximate surface area is 165 Å². The van der Waals surface area contributed by atoms with Crippen LogP contribution in [0.3, 0.4) is 0 Å². The molecule has 0 saturated carbocycles. The highest BCUT2D eigenvalue weighted by molar-refractivity contribution is 5.75. The number of ether oxygens (including phenoxy) is 1. The van der Waals surface area contributed by atoms with E-state index in [1.807, 2.05) is 42.5 Å². The van der Waals surface area contributed by atoms with E-state index in [-0.39, 0.29) is 5.78 Å². The van der Waals surface area contributed by atoms with Crippen LogP contribution in [0, 0.1) is 17.8 Å². The highest BCUT2D eigenvalue weighted by Gasteiger charge is 2.06. The van der Waals surface area contributed by atoms with Crippen molar-refractivity contribution in [2.45, 2.75) is 26.7 Å². The first kappa shape index (κ1) is 19.3. The fourth-order valence-corrected chi connectivity index (χ4v) is 2.88. The minimum Gasteiger partial charge on any atom is -0.438 e. The molecule has 1 heterocycles. The lowest BCUT2D eigenvalue weighted by molar-refractivity contribution is -0.117. The van der Waals surface area contributed by atoms with Crippen molar-refractivity contribution in [1.29, 1.82) is 0 Å². The maximum atomic E-state index is 11.2. The van der Waals surface area contributed by atoms with Gasteiger partial charge in [0.15, 0.2) is 0 Å². The second-order valence-electron chi connectivity index (χ2n) is 6.83. The van der Waals surface area contributed by atoms with Gasteiger partial charge in [-0.15, -0.1) is 10.2 Å². The second-order valence-corrected chi connectivity index (χ2v) is 6.83. The molecule has 0 aliphatic carbocycles. The number of carbonyl (C=O) groups is 1. The minimum absolute atomic E-state index is 0.233. The second kappa shape index (κ2) is 9.48. The first-order chi connectivity index (χ1) is 13.6. The van der Waals surface area contributed by atoms with E-state index < -0.39 is 0 Å². The summed E-state index contributed by atoms with van der Waals surface area (Å²) in [7, 11) is 0. The number of para-hydroxylation sites is 1. The molecule has 0 saturated heterocycles. The van der Waals surface area contributed by atoms with Gasteiger partial charge in [-0.1, -0.05) is 43.2 Å². The third-order valence-electron chi connectivity index (χ3n) is 4.11. The predicted molar refractivity (Wildman–Crippen MR) is 109 cm³/mol. The van der Waals surface area contributed by atoms with Gasteiger partial charge in [-0.3, -0.25) is 0 Å². The Bertz CT molecular complexity index is 969. The van der Waals surface area contributed by atoms with Gasteiger partial charge in [-0.2, -0.15) is 0 Å². The van der Waals surface area contributed by atoms with E-state index in [0.29, 0.717) is 29.7 Å². The van der Waals surface area contributed by atoms with Gasteiger partial charge < -0.3 is 9.53 Å². The average Bonchev–Trinajstić information content (AvgIpc) is 2.69. The molecule has 0 radical (unpaired) electrons. The molecule has 4 heteroatoms. The van der Waals surface area contributed by atoms with Crippen LogP contribution in [-0.4, -0.2) is 16.0 Å². The molecule has 1 atom stereocenters. The van der Waals surface area contributed by atoms with Crippen molar-refractivity contribution in [2.75, 3.05) is 0 Å². The van der Waals surface area contributed by atoms with Crippen LogP contribution < -0.4 is 4.74 Å². The molecule has 0 aliphatic heterocycles. The Morgan fingerprint density at radius 1 is 0.964 bits per heavy atom. The number of Topliss-reactive ketones (excluding diaryl/α,β-unsaturated/α-hetero) is 1. The van der Waals surface area contributed by atoms with Gasteiger partial charge in [0.05, 0.1) is 0 Å². The van der Waals surface area contributed by atoms with Crippen LogP contribution in [0.4, 0.5) is 0 Å². The quantitative estimate of drug-likeness (QED) is 0.584. The van der Waals surface area contributed by atoms with Gasteiger partial charge >= 0.3 is 0 Å². The molecule has 2 aromatic carbocycles. The number of benzene rings is 2. The van der Waals surface area contributed by atoms with Crippen LogP contribution in [0.2, 0.25) is 0 Å². The molecule has 1 aromatic heterocycles. The predicted octanol–water partition coefficient (Wildman–Crippen LogP) is 4.83. The number of hydrogen-bond acceptors (Lipinski definition) is 4. The van der Waals surface area contributed by atoms with Crippen molar-refractivity contribution < 1.29 is 9.53 Å². The van der Waals surface area contributed by atoms with E-state index in [0.717, 1.165) is 12.0 Å². The Morgan fingerprint density at radius 2 is 1.71 bits per heavy atom. The van der Waals surface area contributed by atoms with Crippen LogP contribution in [0.15, 0.2) is 66.7 Å². The van der Waals surface area contributed by atoms with E-state index in [1.54, 1.807) is 19.1 Å². The monoisotopic (exact) mass is 370 g/mol.